The summed E-state index contributed by atoms with van der Waals surface area (Å²) in [5, 5.41) is 11.3. The molecule has 2 aromatic carbocycles. The summed E-state index contributed by atoms with van der Waals surface area (Å²) < 4.78 is 14.9. The van der Waals surface area contributed by atoms with Crippen LogP contribution in [-0.2, 0) is 0 Å². The minimum atomic E-state index is -1.08. The lowest BCUT2D eigenvalue weighted by molar-refractivity contribution is 0.0689. The number of carbonyl (C=O) groups is 1. The fourth-order valence-corrected chi connectivity index (χ4v) is 3.50. The van der Waals surface area contributed by atoms with Crippen LogP contribution in [0.25, 0.3) is 16.6 Å². The van der Waals surface area contributed by atoms with Crippen molar-refractivity contribution in [1.29, 1.82) is 0 Å². The number of anilines is 1. The van der Waals surface area contributed by atoms with Crippen molar-refractivity contribution in [3.05, 3.63) is 58.0 Å². The third-order valence-electron chi connectivity index (χ3n) is 4.35. The summed E-state index contributed by atoms with van der Waals surface area (Å²) in [5.74, 6) is -1.48. The predicted molar refractivity (Wildman–Crippen MR) is 104 cm³/mol. The van der Waals surface area contributed by atoms with Gasteiger partial charge in [0.15, 0.2) is 5.69 Å². The van der Waals surface area contributed by atoms with Gasteiger partial charge in [-0.1, -0.05) is 23.2 Å². The van der Waals surface area contributed by atoms with Gasteiger partial charge in [0, 0.05) is 24.2 Å². The van der Waals surface area contributed by atoms with Gasteiger partial charge >= 0.3 is 5.97 Å². The second-order valence-electron chi connectivity index (χ2n) is 5.77. The molecule has 0 radical (unpaired) electrons. The van der Waals surface area contributed by atoms with Crippen molar-refractivity contribution in [2.24, 2.45) is 0 Å². The Balaban J connectivity index is 2.49. The van der Waals surface area contributed by atoms with E-state index in [-0.39, 0.29) is 5.69 Å². The molecule has 0 aliphatic rings. The largest absolute Gasteiger partial charge is 0.476 e. The topological polar surface area (TPSA) is 45.5 Å². The summed E-state index contributed by atoms with van der Waals surface area (Å²) >= 11 is 12.4. The molecule has 1 N–H and O–H groups in total. The first-order chi connectivity index (χ1) is 12.4. The number of halogens is 3. The molecule has 3 aromatic rings. The Kier molecular flexibility index (Phi) is 5.12. The summed E-state index contributed by atoms with van der Waals surface area (Å²) in [6, 6.07) is 8.98. The van der Waals surface area contributed by atoms with Gasteiger partial charge in [-0.2, -0.15) is 0 Å². The van der Waals surface area contributed by atoms with E-state index in [1.54, 1.807) is 16.7 Å². The number of aromatic carboxylic acids is 1. The molecule has 0 saturated carbocycles. The Labute approximate surface area is 160 Å². The van der Waals surface area contributed by atoms with Gasteiger partial charge in [-0.15, -0.1) is 0 Å². The summed E-state index contributed by atoms with van der Waals surface area (Å²) in [6.45, 7) is 5.15. The predicted octanol–water partition coefficient (Wildman–Crippen LogP) is 5.62. The highest BCUT2D eigenvalue weighted by atomic mass is 35.5. The molecule has 0 unspecified atom stereocenters. The van der Waals surface area contributed by atoms with Crippen LogP contribution >= 0.6 is 23.2 Å². The van der Waals surface area contributed by atoms with E-state index in [4.69, 9.17) is 23.2 Å². The van der Waals surface area contributed by atoms with Crippen LogP contribution in [0.3, 0.4) is 0 Å². The molecule has 1 aromatic heterocycles. The number of carboxylic acids is 1. The Bertz CT molecular complexity index is 980. The minimum Gasteiger partial charge on any atom is -0.476 e. The highest BCUT2D eigenvalue weighted by molar-refractivity contribution is 6.43. The quantitative estimate of drug-likeness (QED) is 0.610. The molecule has 0 amide bonds. The van der Waals surface area contributed by atoms with Gasteiger partial charge < -0.3 is 14.6 Å². The first-order valence-corrected chi connectivity index (χ1v) is 8.92. The normalized spacial score (nSPS) is 11.1. The molecule has 26 heavy (non-hydrogen) atoms. The molecule has 0 aliphatic carbocycles. The maximum Gasteiger partial charge on any atom is 0.355 e. The molecule has 0 fully saturated rings. The van der Waals surface area contributed by atoms with Crippen LogP contribution in [0.5, 0.6) is 0 Å². The van der Waals surface area contributed by atoms with E-state index in [0.29, 0.717) is 45.4 Å². The lowest BCUT2D eigenvalue weighted by atomic mass is 10.2. The maximum atomic E-state index is 13.4. The summed E-state index contributed by atoms with van der Waals surface area (Å²) in [5.41, 5.74) is 1.80. The van der Waals surface area contributed by atoms with Gasteiger partial charge in [0.05, 0.1) is 21.2 Å². The number of hydrogen-bond donors (Lipinski definition) is 1. The summed E-state index contributed by atoms with van der Waals surface area (Å²) in [4.78, 5) is 14.1. The number of carboxylic acid groups (broad SMARTS) is 1. The first-order valence-electron chi connectivity index (χ1n) is 8.16. The Morgan fingerprint density at radius 3 is 2.23 bits per heavy atom. The lowest BCUT2D eigenvalue weighted by Crippen LogP contribution is -2.24. The van der Waals surface area contributed by atoms with E-state index in [9.17, 15) is 14.3 Å². The number of fused-ring (bicyclic) bond motifs is 1. The molecule has 4 nitrogen and oxygen atoms in total. The van der Waals surface area contributed by atoms with Crippen molar-refractivity contribution in [3.8, 4) is 5.69 Å². The average Bonchev–Trinajstić information content (AvgIpc) is 2.92. The lowest BCUT2D eigenvalue weighted by Gasteiger charge is -2.21. The highest BCUT2D eigenvalue weighted by Gasteiger charge is 2.27. The van der Waals surface area contributed by atoms with E-state index in [2.05, 4.69) is 0 Å². The summed E-state index contributed by atoms with van der Waals surface area (Å²) in [7, 11) is 0. The molecule has 136 valence electrons. The third-order valence-corrected chi connectivity index (χ3v) is 5.07. The van der Waals surface area contributed by atoms with E-state index >= 15 is 0 Å². The van der Waals surface area contributed by atoms with E-state index in [1.807, 2.05) is 18.7 Å². The van der Waals surface area contributed by atoms with Crippen molar-refractivity contribution in [3.63, 3.8) is 0 Å². The number of aromatic nitrogens is 1. The second-order valence-corrected chi connectivity index (χ2v) is 6.58. The molecule has 0 atom stereocenters. The van der Waals surface area contributed by atoms with Crippen molar-refractivity contribution in [1.82, 2.24) is 4.57 Å². The fraction of sp³-hybridized carbons (Fsp3) is 0.211. The van der Waals surface area contributed by atoms with Crippen molar-refractivity contribution >= 4 is 45.8 Å². The highest BCUT2D eigenvalue weighted by Crippen LogP contribution is 2.40. The second kappa shape index (κ2) is 7.17. The van der Waals surface area contributed by atoms with E-state index in [1.165, 1.54) is 24.3 Å². The smallest absolute Gasteiger partial charge is 0.355 e. The molecule has 0 spiro atoms. The number of hydrogen-bond acceptors (Lipinski definition) is 2. The molecule has 3 rings (SSSR count). The van der Waals surface area contributed by atoms with Gasteiger partial charge in [0.1, 0.15) is 5.82 Å². The zero-order valence-corrected chi connectivity index (χ0v) is 15.8. The van der Waals surface area contributed by atoms with E-state index < -0.39 is 11.8 Å². The SMILES string of the molecule is CCN(CC)c1c(C(=O)O)n(-c2ccc(F)cc2)c2cc(Cl)c(Cl)cc12. The van der Waals surface area contributed by atoms with Gasteiger partial charge in [0.2, 0.25) is 0 Å². The molecule has 0 bridgehead atoms. The van der Waals surface area contributed by atoms with Gasteiger partial charge in [-0.3, -0.25) is 0 Å². The van der Waals surface area contributed by atoms with Crippen molar-refractivity contribution in [2.75, 3.05) is 18.0 Å². The number of benzene rings is 2. The summed E-state index contributed by atoms with van der Waals surface area (Å²) in [6.07, 6.45) is 0. The van der Waals surface area contributed by atoms with Crippen LogP contribution in [0.2, 0.25) is 10.0 Å². The monoisotopic (exact) mass is 394 g/mol. The van der Waals surface area contributed by atoms with Gasteiger partial charge in [-0.05, 0) is 50.2 Å². The number of rotatable bonds is 5. The minimum absolute atomic E-state index is 0.0913. The van der Waals surface area contributed by atoms with Crippen molar-refractivity contribution in [2.45, 2.75) is 13.8 Å². The third kappa shape index (κ3) is 3.02. The van der Waals surface area contributed by atoms with Crippen LogP contribution in [0.1, 0.15) is 24.3 Å². The van der Waals surface area contributed by atoms with Crippen LogP contribution in [0.15, 0.2) is 36.4 Å². The zero-order valence-electron chi connectivity index (χ0n) is 14.3. The fourth-order valence-electron chi connectivity index (χ4n) is 3.18. The van der Waals surface area contributed by atoms with Crippen molar-refractivity contribution < 1.29 is 14.3 Å². The number of nitrogens with zero attached hydrogens (tertiary/aromatic N) is 2. The zero-order chi connectivity index (χ0) is 19.0. The van der Waals surface area contributed by atoms with Crippen LogP contribution in [-0.4, -0.2) is 28.7 Å². The van der Waals surface area contributed by atoms with Gasteiger partial charge in [0.25, 0.3) is 0 Å². The molecule has 0 aliphatic heterocycles. The van der Waals surface area contributed by atoms with Crippen LogP contribution in [0, 0.1) is 5.82 Å². The maximum absolute atomic E-state index is 13.4. The molecular weight excluding hydrogens is 378 g/mol. The molecular formula is C19H17Cl2FN2O2. The average molecular weight is 395 g/mol. The standard InChI is InChI=1S/C19H17Cl2FN2O2/c1-3-23(4-2)17-13-9-14(20)15(21)10-16(13)24(18(17)19(25)26)12-7-5-11(22)6-8-12/h5-10H,3-4H2,1-2H3,(H,25,26). The van der Waals surface area contributed by atoms with Gasteiger partial charge in [-0.25, -0.2) is 9.18 Å². The van der Waals surface area contributed by atoms with Crippen LogP contribution < -0.4 is 4.90 Å². The van der Waals surface area contributed by atoms with Crippen LogP contribution in [0.4, 0.5) is 10.1 Å². The Morgan fingerprint density at radius 2 is 1.69 bits per heavy atom. The van der Waals surface area contributed by atoms with E-state index in [0.717, 1.165) is 0 Å². The molecule has 7 heteroatoms. The molecule has 1 heterocycles. The first kappa shape index (κ1) is 18.5. The molecule has 0 saturated heterocycles. The Morgan fingerprint density at radius 1 is 1.12 bits per heavy atom. The Hall–Kier alpha value is -2.24.